The fourth-order valence-electron chi connectivity index (χ4n) is 12.1. The predicted molar refractivity (Wildman–Crippen MR) is 154 cm³/mol. The normalized spacial score (nSPS) is 40.3. The Morgan fingerprint density at radius 3 is 1.03 bits per heavy atom. The second-order valence-electron chi connectivity index (χ2n) is 15.6. The maximum Gasteiger partial charge on any atom is 0.127 e. The molecule has 0 spiro atoms. The van der Waals surface area contributed by atoms with Crippen LogP contribution in [0.25, 0.3) is 11.1 Å². The maximum absolute atomic E-state index is 12.3. The number of phenols is 2. The standard InChI is InChI=1S/C36H46O2/c1-19-5-29(35-13-23-7-24(14-35)9-25(8-23)15-35)33(37)31(21(19)3)32-22(4)20(2)6-30(34(32)38)36-16-26-10-27(17-36)12-28(11-26)18-36/h5-6,23-28,37-38H,7-18H2,1-4H3. The molecule has 38 heavy (non-hydrogen) atoms. The Kier molecular flexibility index (Phi) is 4.92. The van der Waals surface area contributed by atoms with Gasteiger partial charge >= 0.3 is 0 Å². The van der Waals surface area contributed by atoms with Crippen molar-refractivity contribution in [2.75, 3.05) is 0 Å². The van der Waals surface area contributed by atoms with Crippen LogP contribution < -0.4 is 0 Å². The Bertz CT molecular complexity index is 1170. The summed E-state index contributed by atoms with van der Waals surface area (Å²) in [5.41, 5.74) is 9.32. The van der Waals surface area contributed by atoms with E-state index >= 15 is 0 Å². The van der Waals surface area contributed by atoms with E-state index in [1.807, 2.05) is 0 Å². The van der Waals surface area contributed by atoms with Crippen LogP contribution in [0.5, 0.6) is 11.5 Å². The van der Waals surface area contributed by atoms with Gasteiger partial charge in [0.2, 0.25) is 0 Å². The van der Waals surface area contributed by atoms with Crippen LogP contribution in [0, 0.1) is 63.2 Å². The lowest BCUT2D eigenvalue weighted by Gasteiger charge is -2.57. The van der Waals surface area contributed by atoms with Crippen molar-refractivity contribution in [1.82, 2.24) is 0 Å². The summed E-state index contributed by atoms with van der Waals surface area (Å²) in [6.07, 6.45) is 15.9. The van der Waals surface area contributed by atoms with Gasteiger partial charge in [-0.1, -0.05) is 12.1 Å². The fraction of sp³-hybridized carbons (Fsp3) is 0.667. The summed E-state index contributed by atoms with van der Waals surface area (Å²) >= 11 is 0. The van der Waals surface area contributed by atoms with Crippen molar-refractivity contribution in [2.24, 2.45) is 35.5 Å². The smallest absolute Gasteiger partial charge is 0.127 e. The van der Waals surface area contributed by atoms with Crippen molar-refractivity contribution in [3.05, 3.63) is 45.5 Å². The Balaban J connectivity index is 1.32. The van der Waals surface area contributed by atoms with Crippen LogP contribution in [0.2, 0.25) is 0 Å². The number of aromatic hydroxyl groups is 2. The van der Waals surface area contributed by atoms with Crippen molar-refractivity contribution in [1.29, 1.82) is 0 Å². The molecule has 0 heterocycles. The van der Waals surface area contributed by atoms with Crippen molar-refractivity contribution >= 4 is 0 Å². The van der Waals surface area contributed by atoms with E-state index in [2.05, 4.69) is 39.8 Å². The molecule has 8 saturated carbocycles. The molecule has 0 unspecified atom stereocenters. The van der Waals surface area contributed by atoms with Crippen LogP contribution in [0.3, 0.4) is 0 Å². The minimum atomic E-state index is 0.127. The van der Waals surface area contributed by atoms with E-state index in [1.54, 1.807) is 0 Å². The first-order chi connectivity index (χ1) is 18.1. The minimum Gasteiger partial charge on any atom is -0.507 e. The molecule has 8 aliphatic rings. The molecular formula is C36H46O2. The van der Waals surface area contributed by atoms with Gasteiger partial charge in [0.15, 0.2) is 0 Å². The molecule has 0 amide bonds. The Morgan fingerprint density at radius 2 is 0.763 bits per heavy atom. The number of rotatable bonds is 3. The van der Waals surface area contributed by atoms with E-state index in [-0.39, 0.29) is 10.8 Å². The van der Waals surface area contributed by atoms with E-state index in [0.29, 0.717) is 11.5 Å². The molecule has 2 N–H and O–H groups in total. The third kappa shape index (κ3) is 3.18. The Morgan fingerprint density at radius 1 is 0.500 bits per heavy atom. The van der Waals surface area contributed by atoms with Crippen LogP contribution in [-0.4, -0.2) is 10.2 Å². The van der Waals surface area contributed by atoms with E-state index in [0.717, 1.165) is 57.8 Å². The summed E-state index contributed by atoms with van der Waals surface area (Å²) in [5.74, 6) is 5.98. The number of hydrogen-bond donors (Lipinski definition) is 2. The summed E-state index contributed by atoms with van der Waals surface area (Å²) in [7, 11) is 0. The molecule has 8 bridgehead atoms. The van der Waals surface area contributed by atoms with Crippen LogP contribution in [0.15, 0.2) is 12.1 Å². The van der Waals surface area contributed by atoms with Gasteiger partial charge in [-0.25, -0.2) is 0 Å². The van der Waals surface area contributed by atoms with Crippen LogP contribution in [0.1, 0.15) is 110 Å². The highest BCUT2D eigenvalue weighted by molar-refractivity contribution is 5.85. The fourth-order valence-corrected chi connectivity index (χ4v) is 12.1. The zero-order chi connectivity index (χ0) is 26.1. The highest BCUT2D eigenvalue weighted by Crippen LogP contribution is 2.65. The molecular weight excluding hydrogens is 464 g/mol. The summed E-state index contributed by atoms with van der Waals surface area (Å²) in [6, 6.07) is 4.67. The molecule has 0 radical (unpaired) electrons. The van der Waals surface area contributed by atoms with Crippen LogP contribution in [0.4, 0.5) is 0 Å². The first-order valence-electron chi connectivity index (χ1n) is 15.8. The lowest BCUT2D eigenvalue weighted by molar-refractivity contribution is -0.00638. The lowest BCUT2D eigenvalue weighted by atomic mass is 9.47. The average molecular weight is 511 g/mol. The van der Waals surface area contributed by atoms with E-state index in [1.165, 1.54) is 99.3 Å². The Labute approximate surface area is 229 Å². The molecule has 8 fully saturated rings. The third-order valence-electron chi connectivity index (χ3n) is 13.1. The highest BCUT2D eigenvalue weighted by Gasteiger charge is 2.54. The molecule has 2 nitrogen and oxygen atoms in total. The number of aryl methyl sites for hydroxylation is 2. The quantitative estimate of drug-likeness (QED) is 0.433. The minimum absolute atomic E-state index is 0.127. The number of benzene rings is 2. The van der Waals surface area contributed by atoms with Crippen LogP contribution >= 0.6 is 0 Å². The molecule has 10 rings (SSSR count). The van der Waals surface area contributed by atoms with E-state index in [9.17, 15) is 10.2 Å². The zero-order valence-corrected chi connectivity index (χ0v) is 24.0. The zero-order valence-electron chi connectivity index (χ0n) is 24.0. The summed E-state index contributed by atoms with van der Waals surface area (Å²) in [4.78, 5) is 0. The molecule has 2 aromatic rings. The highest BCUT2D eigenvalue weighted by atomic mass is 16.3. The van der Waals surface area contributed by atoms with Crippen LogP contribution in [-0.2, 0) is 10.8 Å². The summed E-state index contributed by atoms with van der Waals surface area (Å²) < 4.78 is 0. The number of phenolic OH excluding ortho intramolecular Hbond substituents is 2. The molecule has 8 aliphatic carbocycles. The molecule has 2 aromatic carbocycles. The van der Waals surface area contributed by atoms with E-state index < -0.39 is 0 Å². The van der Waals surface area contributed by atoms with Crippen molar-refractivity contribution in [3.8, 4) is 22.6 Å². The molecule has 202 valence electrons. The molecule has 0 atom stereocenters. The van der Waals surface area contributed by atoms with Gasteiger partial charge in [0.25, 0.3) is 0 Å². The van der Waals surface area contributed by atoms with Gasteiger partial charge in [0.1, 0.15) is 11.5 Å². The maximum atomic E-state index is 12.3. The van der Waals surface area contributed by atoms with Gasteiger partial charge in [-0.2, -0.15) is 0 Å². The average Bonchev–Trinajstić information content (AvgIpc) is 2.84. The summed E-state index contributed by atoms with van der Waals surface area (Å²) in [6.45, 7) is 8.79. The van der Waals surface area contributed by atoms with Gasteiger partial charge in [0, 0.05) is 22.3 Å². The molecule has 0 saturated heterocycles. The van der Waals surface area contributed by atoms with Gasteiger partial charge in [-0.15, -0.1) is 0 Å². The van der Waals surface area contributed by atoms with Gasteiger partial charge < -0.3 is 10.2 Å². The third-order valence-corrected chi connectivity index (χ3v) is 13.1. The topological polar surface area (TPSA) is 40.5 Å². The lowest BCUT2D eigenvalue weighted by Crippen LogP contribution is -2.48. The largest absolute Gasteiger partial charge is 0.507 e. The van der Waals surface area contributed by atoms with Crippen molar-refractivity contribution in [2.45, 2.75) is 116 Å². The SMILES string of the molecule is Cc1cc(C23CC4CC(CC(C4)C2)C3)c(O)c(-c2c(C)c(C)cc(C34CC5CC(CC(C5)C3)C4)c2O)c1C. The number of hydrogen-bond acceptors (Lipinski definition) is 2. The monoisotopic (exact) mass is 510 g/mol. The first-order valence-corrected chi connectivity index (χ1v) is 15.8. The second kappa shape index (κ2) is 7.82. The molecule has 2 heteroatoms. The van der Waals surface area contributed by atoms with Crippen molar-refractivity contribution in [3.63, 3.8) is 0 Å². The predicted octanol–water partition coefficient (Wildman–Crippen LogP) is 8.93. The first kappa shape index (κ1) is 23.9. The summed E-state index contributed by atoms with van der Waals surface area (Å²) in [5, 5.41) is 24.5. The second-order valence-corrected chi connectivity index (χ2v) is 15.6. The van der Waals surface area contributed by atoms with Crippen molar-refractivity contribution < 1.29 is 10.2 Å². The van der Waals surface area contributed by atoms with Gasteiger partial charge in [0.05, 0.1) is 0 Å². The molecule has 0 aliphatic heterocycles. The van der Waals surface area contributed by atoms with E-state index in [4.69, 9.17) is 0 Å². The molecule has 0 aromatic heterocycles. The van der Waals surface area contributed by atoms with Gasteiger partial charge in [-0.05, 0) is 173 Å². The van der Waals surface area contributed by atoms with Gasteiger partial charge in [-0.3, -0.25) is 0 Å². The Hall–Kier alpha value is -1.96.